The summed E-state index contributed by atoms with van der Waals surface area (Å²) in [6, 6.07) is 7.47. The molecule has 2 aromatic heterocycles. The van der Waals surface area contributed by atoms with Crippen LogP contribution in [-0.4, -0.2) is 17.5 Å². The van der Waals surface area contributed by atoms with Gasteiger partial charge in [0.25, 0.3) is 5.91 Å². The number of aromatic nitrogens is 1. The summed E-state index contributed by atoms with van der Waals surface area (Å²) in [5, 5.41) is 4.93. The van der Waals surface area contributed by atoms with Gasteiger partial charge in [0, 0.05) is 11.4 Å². The lowest BCUT2D eigenvalue weighted by molar-refractivity contribution is 0.102. The number of thiazole rings is 1. The van der Waals surface area contributed by atoms with Crippen LogP contribution in [0.5, 0.6) is 5.75 Å². The standard InChI is InChI=1S/C16H13FN2O3S/c1-2-21-14-8-10(17)5-6-11(14)18-15(20)12-9-23-16(19-12)13-4-3-7-22-13/h3-9H,2H2,1H3,(H,18,20). The summed E-state index contributed by atoms with van der Waals surface area (Å²) in [5.74, 6) is 0.0556. The van der Waals surface area contributed by atoms with E-state index in [1.165, 1.54) is 29.5 Å². The average molecular weight is 332 g/mol. The maximum Gasteiger partial charge on any atom is 0.275 e. The van der Waals surface area contributed by atoms with Crippen LogP contribution in [0.4, 0.5) is 10.1 Å². The van der Waals surface area contributed by atoms with Gasteiger partial charge in [-0.1, -0.05) is 0 Å². The number of halogens is 1. The molecule has 0 saturated heterocycles. The molecule has 3 rings (SSSR count). The number of hydrogen-bond acceptors (Lipinski definition) is 5. The summed E-state index contributed by atoms with van der Waals surface area (Å²) < 4.78 is 23.9. The summed E-state index contributed by atoms with van der Waals surface area (Å²) in [6.07, 6.45) is 1.54. The molecular weight excluding hydrogens is 319 g/mol. The zero-order valence-electron chi connectivity index (χ0n) is 12.2. The van der Waals surface area contributed by atoms with Crippen LogP contribution in [0.15, 0.2) is 46.4 Å². The molecule has 0 unspecified atom stereocenters. The minimum absolute atomic E-state index is 0.258. The van der Waals surface area contributed by atoms with Crippen molar-refractivity contribution in [2.45, 2.75) is 6.92 Å². The molecule has 5 nitrogen and oxygen atoms in total. The summed E-state index contributed by atoms with van der Waals surface area (Å²) in [5.41, 5.74) is 0.652. The molecular formula is C16H13FN2O3S. The number of ether oxygens (including phenoxy) is 1. The third-order valence-electron chi connectivity index (χ3n) is 2.96. The molecule has 0 bridgehead atoms. The highest BCUT2D eigenvalue weighted by molar-refractivity contribution is 7.13. The van der Waals surface area contributed by atoms with Crippen LogP contribution in [0.25, 0.3) is 10.8 Å². The SMILES string of the molecule is CCOc1cc(F)ccc1NC(=O)c1csc(-c2ccco2)n1. The van der Waals surface area contributed by atoms with E-state index < -0.39 is 11.7 Å². The maximum absolute atomic E-state index is 13.3. The Labute approximate surface area is 135 Å². The van der Waals surface area contributed by atoms with Crippen LogP contribution in [0.1, 0.15) is 17.4 Å². The van der Waals surface area contributed by atoms with Crippen molar-refractivity contribution in [2.75, 3.05) is 11.9 Å². The van der Waals surface area contributed by atoms with Gasteiger partial charge in [-0.05, 0) is 31.2 Å². The van der Waals surface area contributed by atoms with Gasteiger partial charge >= 0.3 is 0 Å². The van der Waals surface area contributed by atoms with Gasteiger partial charge in [-0.3, -0.25) is 4.79 Å². The number of nitrogens with one attached hydrogen (secondary N) is 1. The van der Waals surface area contributed by atoms with E-state index in [1.54, 1.807) is 30.7 Å². The van der Waals surface area contributed by atoms with Gasteiger partial charge in [-0.25, -0.2) is 9.37 Å². The molecule has 1 aromatic carbocycles. The second-order valence-electron chi connectivity index (χ2n) is 4.54. The molecule has 2 heterocycles. The van der Waals surface area contributed by atoms with Crippen LogP contribution in [0.3, 0.4) is 0 Å². The predicted molar refractivity (Wildman–Crippen MR) is 85.3 cm³/mol. The number of benzene rings is 1. The number of furan rings is 1. The molecule has 118 valence electrons. The van der Waals surface area contributed by atoms with E-state index in [0.717, 1.165) is 0 Å². The monoisotopic (exact) mass is 332 g/mol. The molecule has 0 aliphatic rings. The van der Waals surface area contributed by atoms with E-state index in [-0.39, 0.29) is 11.4 Å². The fraction of sp³-hybridized carbons (Fsp3) is 0.125. The Balaban J connectivity index is 1.80. The van der Waals surface area contributed by atoms with E-state index in [4.69, 9.17) is 9.15 Å². The van der Waals surface area contributed by atoms with Crippen molar-refractivity contribution in [1.82, 2.24) is 4.98 Å². The zero-order chi connectivity index (χ0) is 16.2. The molecule has 1 amide bonds. The van der Waals surface area contributed by atoms with Crippen LogP contribution in [0, 0.1) is 5.82 Å². The molecule has 0 saturated carbocycles. The molecule has 1 N–H and O–H groups in total. The van der Waals surface area contributed by atoms with Gasteiger partial charge in [-0.2, -0.15) is 0 Å². The fourth-order valence-electron chi connectivity index (χ4n) is 1.95. The Morgan fingerprint density at radius 3 is 3.04 bits per heavy atom. The Morgan fingerprint density at radius 2 is 2.30 bits per heavy atom. The number of nitrogens with zero attached hydrogens (tertiary/aromatic N) is 1. The highest BCUT2D eigenvalue weighted by atomic mass is 32.1. The van der Waals surface area contributed by atoms with E-state index >= 15 is 0 Å². The Bertz CT molecular complexity index is 815. The average Bonchev–Trinajstić information content (AvgIpc) is 3.20. The zero-order valence-corrected chi connectivity index (χ0v) is 13.0. The first kappa shape index (κ1) is 15.2. The number of amides is 1. The fourth-order valence-corrected chi connectivity index (χ4v) is 2.72. The smallest absolute Gasteiger partial charge is 0.275 e. The third-order valence-corrected chi connectivity index (χ3v) is 3.82. The van der Waals surface area contributed by atoms with Crippen molar-refractivity contribution < 1.29 is 18.3 Å². The molecule has 0 fully saturated rings. The molecule has 7 heteroatoms. The minimum Gasteiger partial charge on any atom is -0.492 e. The first-order valence-corrected chi connectivity index (χ1v) is 7.78. The van der Waals surface area contributed by atoms with Gasteiger partial charge in [-0.15, -0.1) is 11.3 Å². The molecule has 0 aliphatic heterocycles. The predicted octanol–water partition coefficient (Wildman–Crippen LogP) is 4.19. The molecule has 3 aromatic rings. The number of carbonyl (C=O) groups is 1. The summed E-state index contributed by atoms with van der Waals surface area (Å²) in [6.45, 7) is 2.15. The summed E-state index contributed by atoms with van der Waals surface area (Å²) in [4.78, 5) is 16.5. The third kappa shape index (κ3) is 3.40. The molecule has 0 radical (unpaired) electrons. The van der Waals surface area contributed by atoms with E-state index in [9.17, 15) is 9.18 Å². The van der Waals surface area contributed by atoms with Gasteiger partial charge < -0.3 is 14.5 Å². The molecule has 0 aliphatic carbocycles. The van der Waals surface area contributed by atoms with Crippen LogP contribution in [0.2, 0.25) is 0 Å². The number of anilines is 1. The molecule has 0 atom stereocenters. The second kappa shape index (κ2) is 6.62. The van der Waals surface area contributed by atoms with Gasteiger partial charge in [0.2, 0.25) is 0 Å². The highest BCUT2D eigenvalue weighted by Gasteiger charge is 2.15. The number of carbonyl (C=O) groups excluding carboxylic acids is 1. The van der Waals surface area contributed by atoms with E-state index in [1.807, 2.05) is 0 Å². The van der Waals surface area contributed by atoms with Crippen molar-refractivity contribution >= 4 is 22.9 Å². The van der Waals surface area contributed by atoms with Crippen molar-refractivity contribution in [2.24, 2.45) is 0 Å². The Hall–Kier alpha value is -2.67. The first-order valence-electron chi connectivity index (χ1n) is 6.90. The Kier molecular flexibility index (Phi) is 4.38. The number of rotatable bonds is 5. The lowest BCUT2D eigenvalue weighted by atomic mass is 10.2. The van der Waals surface area contributed by atoms with E-state index in [0.29, 0.717) is 23.1 Å². The highest BCUT2D eigenvalue weighted by Crippen LogP contribution is 2.27. The topological polar surface area (TPSA) is 64.4 Å². The second-order valence-corrected chi connectivity index (χ2v) is 5.40. The summed E-state index contributed by atoms with van der Waals surface area (Å²) in [7, 11) is 0. The van der Waals surface area contributed by atoms with Gasteiger partial charge in [0.15, 0.2) is 10.8 Å². The molecule has 0 spiro atoms. The lowest BCUT2D eigenvalue weighted by Crippen LogP contribution is -2.13. The normalized spacial score (nSPS) is 10.5. The molecule has 23 heavy (non-hydrogen) atoms. The Morgan fingerprint density at radius 1 is 1.43 bits per heavy atom. The number of hydrogen-bond donors (Lipinski definition) is 1. The quantitative estimate of drug-likeness (QED) is 0.761. The van der Waals surface area contributed by atoms with Gasteiger partial charge in [0.1, 0.15) is 17.3 Å². The maximum atomic E-state index is 13.3. The van der Waals surface area contributed by atoms with Crippen molar-refractivity contribution in [3.8, 4) is 16.5 Å². The van der Waals surface area contributed by atoms with Gasteiger partial charge in [0.05, 0.1) is 18.6 Å². The largest absolute Gasteiger partial charge is 0.492 e. The first-order chi connectivity index (χ1) is 11.2. The van der Waals surface area contributed by atoms with Crippen LogP contribution >= 0.6 is 11.3 Å². The minimum atomic E-state index is -0.430. The lowest BCUT2D eigenvalue weighted by Gasteiger charge is -2.10. The van der Waals surface area contributed by atoms with Crippen molar-refractivity contribution in [3.63, 3.8) is 0 Å². The van der Waals surface area contributed by atoms with E-state index in [2.05, 4.69) is 10.3 Å². The van der Waals surface area contributed by atoms with Crippen LogP contribution in [-0.2, 0) is 0 Å². The van der Waals surface area contributed by atoms with Crippen LogP contribution < -0.4 is 10.1 Å². The summed E-state index contributed by atoms with van der Waals surface area (Å²) >= 11 is 1.31. The van der Waals surface area contributed by atoms with Crippen molar-refractivity contribution in [1.29, 1.82) is 0 Å². The van der Waals surface area contributed by atoms with Crippen molar-refractivity contribution in [3.05, 3.63) is 53.5 Å².